The summed E-state index contributed by atoms with van der Waals surface area (Å²) in [6.07, 6.45) is 3.96. The second-order valence-electron chi connectivity index (χ2n) is 6.18. The summed E-state index contributed by atoms with van der Waals surface area (Å²) in [7, 11) is 0. The van der Waals surface area contributed by atoms with Gasteiger partial charge >= 0.3 is 0 Å². The topological polar surface area (TPSA) is 29.5 Å². The summed E-state index contributed by atoms with van der Waals surface area (Å²) in [5, 5.41) is 0. The van der Waals surface area contributed by atoms with Gasteiger partial charge < -0.3 is 4.74 Å². The smallest absolute Gasteiger partial charge is 0.266 e. The highest BCUT2D eigenvalue weighted by Gasteiger charge is 2.36. The van der Waals surface area contributed by atoms with E-state index in [0.29, 0.717) is 15.8 Å². The van der Waals surface area contributed by atoms with Crippen molar-refractivity contribution in [2.45, 2.75) is 13.0 Å². The van der Waals surface area contributed by atoms with Crippen molar-refractivity contribution in [3.8, 4) is 5.75 Å². The van der Waals surface area contributed by atoms with Crippen LogP contribution < -0.4 is 4.74 Å². The normalized spacial score (nSPS) is 19.2. The molecular formula is C21H17NO2S2. The van der Waals surface area contributed by atoms with Crippen molar-refractivity contribution in [2.24, 2.45) is 0 Å². The Morgan fingerprint density at radius 2 is 1.88 bits per heavy atom. The molecule has 0 radical (unpaired) electrons. The van der Waals surface area contributed by atoms with Crippen molar-refractivity contribution in [1.82, 2.24) is 4.90 Å². The largest absolute Gasteiger partial charge is 0.488 e. The number of hydrogen-bond donors (Lipinski definition) is 0. The minimum Gasteiger partial charge on any atom is -0.488 e. The number of nitrogens with zero attached hydrogens (tertiary/aromatic N) is 1. The summed E-state index contributed by atoms with van der Waals surface area (Å²) in [5.41, 5.74) is 3.06. The monoisotopic (exact) mass is 379 g/mol. The van der Waals surface area contributed by atoms with Gasteiger partial charge in [0, 0.05) is 5.56 Å². The van der Waals surface area contributed by atoms with Crippen molar-refractivity contribution in [1.29, 1.82) is 0 Å². The van der Waals surface area contributed by atoms with E-state index in [2.05, 4.69) is 6.08 Å². The van der Waals surface area contributed by atoms with E-state index in [9.17, 15) is 4.79 Å². The van der Waals surface area contributed by atoms with E-state index in [4.69, 9.17) is 17.0 Å². The highest BCUT2D eigenvalue weighted by atomic mass is 32.2. The molecule has 5 heteroatoms. The number of para-hydroxylation sites is 1. The molecule has 26 heavy (non-hydrogen) atoms. The van der Waals surface area contributed by atoms with E-state index in [1.54, 1.807) is 4.90 Å². The SMILES string of the molecule is CC(c1ccccc1)N1C(=O)C(=CC2=Cc3ccccc3OC2)SC1=S. The molecule has 0 spiro atoms. The average molecular weight is 380 g/mol. The second-order valence-corrected chi connectivity index (χ2v) is 7.86. The predicted molar refractivity (Wildman–Crippen MR) is 110 cm³/mol. The number of hydrogen-bond acceptors (Lipinski definition) is 4. The van der Waals surface area contributed by atoms with Gasteiger partial charge in [0.2, 0.25) is 0 Å². The number of benzene rings is 2. The van der Waals surface area contributed by atoms with Crippen molar-refractivity contribution in [3.05, 3.63) is 82.3 Å². The summed E-state index contributed by atoms with van der Waals surface area (Å²) in [6, 6.07) is 17.7. The molecule has 0 aromatic heterocycles. The molecule has 0 aliphatic carbocycles. The summed E-state index contributed by atoms with van der Waals surface area (Å²) in [6.45, 7) is 2.46. The summed E-state index contributed by atoms with van der Waals surface area (Å²) in [5.74, 6) is 0.825. The molecule has 0 bridgehead atoms. The Hall–Kier alpha value is -2.37. The Balaban J connectivity index is 1.60. The molecule has 2 heterocycles. The van der Waals surface area contributed by atoms with Gasteiger partial charge in [-0.3, -0.25) is 9.69 Å². The van der Waals surface area contributed by atoms with Gasteiger partial charge in [0.15, 0.2) is 0 Å². The molecule has 3 nitrogen and oxygen atoms in total. The Morgan fingerprint density at radius 1 is 1.15 bits per heavy atom. The maximum absolute atomic E-state index is 12.9. The summed E-state index contributed by atoms with van der Waals surface area (Å²) < 4.78 is 6.37. The van der Waals surface area contributed by atoms with E-state index in [-0.39, 0.29) is 11.9 Å². The van der Waals surface area contributed by atoms with Gasteiger partial charge in [0.25, 0.3) is 5.91 Å². The zero-order valence-corrected chi connectivity index (χ0v) is 15.8. The highest BCUT2D eigenvalue weighted by molar-refractivity contribution is 8.26. The maximum Gasteiger partial charge on any atom is 0.266 e. The van der Waals surface area contributed by atoms with Gasteiger partial charge in [0.1, 0.15) is 16.7 Å². The van der Waals surface area contributed by atoms with Crippen LogP contribution in [0.3, 0.4) is 0 Å². The molecule has 2 aliphatic heterocycles. The lowest BCUT2D eigenvalue weighted by Crippen LogP contribution is -2.31. The van der Waals surface area contributed by atoms with Crippen LogP contribution in [-0.4, -0.2) is 21.7 Å². The molecule has 1 saturated heterocycles. The van der Waals surface area contributed by atoms with Gasteiger partial charge in [-0.15, -0.1) is 0 Å². The molecule has 2 aliphatic rings. The van der Waals surface area contributed by atoms with Crippen molar-refractivity contribution < 1.29 is 9.53 Å². The highest BCUT2D eigenvalue weighted by Crippen LogP contribution is 2.38. The number of rotatable bonds is 3. The Morgan fingerprint density at radius 3 is 2.69 bits per heavy atom. The molecule has 2 aromatic carbocycles. The molecule has 1 atom stereocenters. The van der Waals surface area contributed by atoms with Crippen LogP contribution >= 0.6 is 24.0 Å². The van der Waals surface area contributed by atoms with Crippen LogP contribution in [0.25, 0.3) is 6.08 Å². The van der Waals surface area contributed by atoms with Crippen LogP contribution in [0.1, 0.15) is 24.1 Å². The van der Waals surface area contributed by atoms with Crippen LogP contribution in [0, 0.1) is 0 Å². The van der Waals surface area contributed by atoms with E-state index >= 15 is 0 Å². The minimum absolute atomic E-state index is 0.0453. The van der Waals surface area contributed by atoms with E-state index in [1.165, 1.54) is 11.8 Å². The molecular weight excluding hydrogens is 362 g/mol. The number of thioether (sulfide) groups is 1. The van der Waals surface area contributed by atoms with E-state index < -0.39 is 0 Å². The first-order valence-corrected chi connectivity index (χ1v) is 9.60. The molecule has 1 unspecified atom stereocenters. The van der Waals surface area contributed by atoms with Gasteiger partial charge in [-0.25, -0.2) is 0 Å². The number of carbonyl (C=O) groups excluding carboxylic acids is 1. The zero-order valence-electron chi connectivity index (χ0n) is 14.2. The summed E-state index contributed by atoms with van der Waals surface area (Å²) >= 11 is 6.83. The standard InChI is InChI=1S/C21H17NO2S2/c1-14(16-7-3-2-4-8-16)22-20(23)19(26-21(22)25)12-15-11-17-9-5-6-10-18(17)24-13-15/h2-12,14H,13H2,1H3. The third kappa shape index (κ3) is 3.20. The van der Waals surface area contributed by atoms with Gasteiger partial charge in [-0.2, -0.15) is 0 Å². The molecule has 4 rings (SSSR count). The Bertz CT molecular complexity index is 934. The van der Waals surface area contributed by atoms with Gasteiger partial charge in [0.05, 0.1) is 10.9 Å². The Labute approximate surface area is 162 Å². The quantitative estimate of drug-likeness (QED) is 0.556. The lowest BCUT2D eigenvalue weighted by Gasteiger charge is -2.23. The maximum atomic E-state index is 12.9. The Kier molecular flexibility index (Phi) is 4.66. The van der Waals surface area contributed by atoms with E-state index in [1.807, 2.05) is 67.6 Å². The van der Waals surface area contributed by atoms with Gasteiger partial charge in [-0.05, 0) is 36.3 Å². The lowest BCUT2D eigenvalue weighted by molar-refractivity contribution is -0.123. The number of amides is 1. The van der Waals surface area contributed by atoms with Gasteiger partial charge in [-0.1, -0.05) is 72.5 Å². The fourth-order valence-electron chi connectivity index (χ4n) is 3.08. The first-order valence-electron chi connectivity index (χ1n) is 8.38. The van der Waals surface area contributed by atoms with Crippen LogP contribution in [-0.2, 0) is 4.79 Å². The fourth-order valence-corrected chi connectivity index (χ4v) is 4.51. The third-order valence-corrected chi connectivity index (χ3v) is 5.79. The average Bonchev–Trinajstić information content (AvgIpc) is 2.95. The molecule has 1 amide bonds. The van der Waals surface area contributed by atoms with E-state index in [0.717, 1.165) is 22.4 Å². The first-order chi connectivity index (χ1) is 12.6. The van der Waals surface area contributed by atoms with Crippen molar-refractivity contribution in [3.63, 3.8) is 0 Å². The lowest BCUT2D eigenvalue weighted by atomic mass is 10.1. The second kappa shape index (κ2) is 7.09. The number of ether oxygens (including phenoxy) is 1. The van der Waals surface area contributed by atoms with Crippen LogP contribution in [0.2, 0.25) is 0 Å². The zero-order chi connectivity index (χ0) is 18.1. The van der Waals surface area contributed by atoms with Crippen LogP contribution in [0.5, 0.6) is 5.75 Å². The molecule has 0 saturated carbocycles. The number of thiocarbonyl (C=S) groups is 1. The predicted octanol–water partition coefficient (Wildman–Crippen LogP) is 4.97. The van der Waals surface area contributed by atoms with Crippen molar-refractivity contribution >= 4 is 40.3 Å². The third-order valence-electron chi connectivity index (χ3n) is 4.46. The van der Waals surface area contributed by atoms with Crippen molar-refractivity contribution in [2.75, 3.05) is 6.61 Å². The number of fused-ring (bicyclic) bond motifs is 1. The first kappa shape index (κ1) is 17.1. The molecule has 2 aromatic rings. The molecule has 130 valence electrons. The minimum atomic E-state index is -0.0908. The van der Waals surface area contributed by atoms with Crippen LogP contribution in [0.15, 0.2) is 71.2 Å². The fraction of sp³-hybridized carbons (Fsp3) is 0.143. The summed E-state index contributed by atoms with van der Waals surface area (Å²) in [4.78, 5) is 15.3. The molecule has 1 fully saturated rings. The molecule has 0 N–H and O–H groups in total. The van der Waals surface area contributed by atoms with Crippen LogP contribution in [0.4, 0.5) is 0 Å². The number of carbonyl (C=O) groups is 1.